The minimum absolute atomic E-state index is 0.106. The number of nitrogens with one attached hydrogen (secondary N) is 5. The molecule has 0 aromatic carbocycles. The molecule has 0 heterocycles. The van der Waals surface area contributed by atoms with E-state index in [-0.39, 0.29) is 25.0 Å². The lowest BCUT2D eigenvalue weighted by Gasteiger charge is -2.19. The molecule has 162 valence electrons. The van der Waals surface area contributed by atoms with Gasteiger partial charge in [0.1, 0.15) is 12.6 Å². The molecule has 1 atom stereocenters. The first kappa shape index (κ1) is 25.6. The maximum Gasteiger partial charge on any atom is 0.251 e. The van der Waals surface area contributed by atoms with Gasteiger partial charge >= 0.3 is 0 Å². The zero-order valence-electron chi connectivity index (χ0n) is 17.0. The van der Waals surface area contributed by atoms with Crippen molar-refractivity contribution in [3.05, 3.63) is 10.1 Å². The van der Waals surface area contributed by atoms with Gasteiger partial charge in [-0.05, 0) is 31.6 Å². The van der Waals surface area contributed by atoms with E-state index in [1.807, 2.05) is 6.92 Å². The van der Waals surface area contributed by atoms with E-state index in [1.54, 1.807) is 5.43 Å². The fraction of sp³-hybridized carbons (Fsp3) is 0.824. The van der Waals surface area contributed by atoms with E-state index < -0.39 is 17.0 Å². The summed E-state index contributed by atoms with van der Waals surface area (Å²) in [5.74, 6) is -0.627. The van der Waals surface area contributed by atoms with Crippen molar-refractivity contribution >= 4 is 17.8 Å². The third kappa shape index (κ3) is 14.7. The van der Waals surface area contributed by atoms with Gasteiger partial charge < -0.3 is 20.7 Å². The molecule has 11 heteroatoms. The summed E-state index contributed by atoms with van der Waals surface area (Å²) >= 11 is 0. The SMILES string of the molecule is CCCCOCC(=O)N[C@@H](CCCNC(=N)N[N+](=O)[O-])C(=O)NCCC(C)C. The molecule has 0 aliphatic carbocycles. The van der Waals surface area contributed by atoms with Crippen molar-refractivity contribution in [2.24, 2.45) is 5.92 Å². The third-order valence-corrected chi connectivity index (χ3v) is 3.72. The lowest BCUT2D eigenvalue weighted by atomic mass is 10.1. The predicted molar refractivity (Wildman–Crippen MR) is 105 cm³/mol. The third-order valence-electron chi connectivity index (χ3n) is 3.72. The van der Waals surface area contributed by atoms with Gasteiger partial charge in [-0.3, -0.25) is 15.0 Å². The second kappa shape index (κ2) is 15.6. The number of nitrogens with zero attached hydrogens (tertiary/aromatic N) is 1. The van der Waals surface area contributed by atoms with Crippen LogP contribution in [-0.2, 0) is 14.3 Å². The average Bonchev–Trinajstić information content (AvgIpc) is 2.60. The van der Waals surface area contributed by atoms with Crippen molar-refractivity contribution in [3.8, 4) is 0 Å². The molecule has 0 rings (SSSR count). The Morgan fingerprint density at radius 1 is 1.14 bits per heavy atom. The maximum atomic E-state index is 12.4. The Morgan fingerprint density at radius 2 is 1.86 bits per heavy atom. The Kier molecular flexibility index (Phi) is 14.3. The van der Waals surface area contributed by atoms with Crippen LogP contribution in [0.4, 0.5) is 0 Å². The Morgan fingerprint density at radius 3 is 2.46 bits per heavy atom. The van der Waals surface area contributed by atoms with Crippen LogP contribution < -0.4 is 21.4 Å². The summed E-state index contributed by atoms with van der Waals surface area (Å²) in [7, 11) is 0. The van der Waals surface area contributed by atoms with Gasteiger partial charge in [0, 0.05) is 19.7 Å². The van der Waals surface area contributed by atoms with Crippen LogP contribution in [0.1, 0.15) is 52.9 Å². The molecular formula is C17H34N6O5. The second-order valence-corrected chi connectivity index (χ2v) is 6.81. The largest absolute Gasteiger partial charge is 0.372 e. The Labute approximate surface area is 166 Å². The molecule has 0 radical (unpaired) electrons. The van der Waals surface area contributed by atoms with Crippen molar-refractivity contribution in [1.29, 1.82) is 5.41 Å². The zero-order valence-corrected chi connectivity index (χ0v) is 17.0. The van der Waals surface area contributed by atoms with Crippen molar-refractivity contribution in [2.75, 3.05) is 26.3 Å². The number of unbranched alkanes of at least 4 members (excludes halogenated alkanes) is 1. The first-order valence-corrected chi connectivity index (χ1v) is 9.64. The molecule has 28 heavy (non-hydrogen) atoms. The molecule has 0 unspecified atom stereocenters. The number of nitro groups is 1. The number of hydrogen-bond acceptors (Lipinski definition) is 6. The van der Waals surface area contributed by atoms with Gasteiger partial charge in [-0.15, -0.1) is 0 Å². The topological polar surface area (TPSA) is 158 Å². The van der Waals surface area contributed by atoms with Crippen molar-refractivity contribution in [3.63, 3.8) is 0 Å². The Balaban J connectivity index is 4.45. The highest BCUT2D eigenvalue weighted by atomic mass is 16.7. The zero-order chi connectivity index (χ0) is 21.4. The quantitative estimate of drug-likeness (QED) is 0.0878. The summed E-state index contributed by atoms with van der Waals surface area (Å²) in [5.41, 5.74) is 1.69. The number of hydrazine groups is 1. The maximum absolute atomic E-state index is 12.4. The summed E-state index contributed by atoms with van der Waals surface area (Å²) < 4.78 is 5.27. The normalized spacial score (nSPS) is 11.6. The fourth-order valence-electron chi connectivity index (χ4n) is 2.17. The highest BCUT2D eigenvalue weighted by molar-refractivity contribution is 5.88. The molecule has 0 saturated carbocycles. The molecular weight excluding hydrogens is 368 g/mol. The summed E-state index contributed by atoms with van der Waals surface area (Å²) in [6, 6.07) is -0.728. The monoisotopic (exact) mass is 402 g/mol. The predicted octanol–water partition coefficient (Wildman–Crippen LogP) is 0.536. The number of ether oxygens (including phenoxy) is 1. The van der Waals surface area contributed by atoms with Crippen LogP contribution in [0.2, 0.25) is 0 Å². The summed E-state index contributed by atoms with van der Waals surface area (Å²) in [5, 5.41) is 24.7. The number of carbonyl (C=O) groups excluding carboxylic acids is 2. The van der Waals surface area contributed by atoms with E-state index in [1.165, 1.54) is 0 Å². The minimum Gasteiger partial charge on any atom is -0.372 e. The van der Waals surface area contributed by atoms with Gasteiger partial charge in [0.2, 0.25) is 11.8 Å². The van der Waals surface area contributed by atoms with Crippen LogP contribution in [0.5, 0.6) is 0 Å². The number of rotatable bonds is 15. The summed E-state index contributed by atoms with van der Waals surface area (Å²) in [6.07, 6.45) is 3.42. The van der Waals surface area contributed by atoms with E-state index in [0.717, 1.165) is 19.3 Å². The molecule has 5 N–H and O–H groups in total. The number of amides is 2. The summed E-state index contributed by atoms with van der Waals surface area (Å²) in [4.78, 5) is 34.6. The fourth-order valence-corrected chi connectivity index (χ4v) is 2.17. The molecule has 0 aromatic rings. The molecule has 0 saturated heterocycles. The highest BCUT2D eigenvalue weighted by Gasteiger charge is 2.20. The van der Waals surface area contributed by atoms with Gasteiger partial charge in [0.25, 0.3) is 5.96 Å². The number of carbonyl (C=O) groups is 2. The Hall–Kier alpha value is -2.43. The van der Waals surface area contributed by atoms with Crippen LogP contribution in [0.15, 0.2) is 0 Å². The van der Waals surface area contributed by atoms with Crippen LogP contribution in [-0.4, -0.2) is 55.2 Å². The second-order valence-electron chi connectivity index (χ2n) is 6.81. The molecule has 2 amide bonds. The van der Waals surface area contributed by atoms with Gasteiger partial charge in [-0.25, -0.2) is 10.1 Å². The molecule has 0 fully saturated rings. The standard InChI is InChI=1S/C17H34N6O5/c1-4-5-11-28-12-15(24)21-14(16(25)19-10-8-13(2)3)7-6-9-20-17(18)22-23(26)27/h13-14H,4-12H2,1-3H3,(H,19,25)(H,21,24)(H3,18,20,22)/t14-/m0/s1. The average molecular weight is 402 g/mol. The van der Waals surface area contributed by atoms with Crippen molar-refractivity contribution in [1.82, 2.24) is 21.4 Å². The van der Waals surface area contributed by atoms with E-state index in [9.17, 15) is 19.7 Å². The lowest BCUT2D eigenvalue weighted by molar-refractivity contribution is -0.525. The van der Waals surface area contributed by atoms with Gasteiger partial charge in [-0.1, -0.05) is 32.6 Å². The smallest absolute Gasteiger partial charge is 0.251 e. The van der Waals surface area contributed by atoms with Crippen LogP contribution in [0, 0.1) is 21.4 Å². The number of hydrogen-bond donors (Lipinski definition) is 5. The van der Waals surface area contributed by atoms with Gasteiger partial charge in [-0.2, -0.15) is 0 Å². The Bertz CT molecular complexity index is 500. The van der Waals surface area contributed by atoms with Crippen LogP contribution in [0.25, 0.3) is 0 Å². The molecule has 0 aliphatic heterocycles. The van der Waals surface area contributed by atoms with E-state index in [0.29, 0.717) is 31.9 Å². The van der Waals surface area contributed by atoms with Crippen LogP contribution >= 0.6 is 0 Å². The molecule has 0 aliphatic rings. The van der Waals surface area contributed by atoms with E-state index >= 15 is 0 Å². The van der Waals surface area contributed by atoms with Crippen LogP contribution in [0.3, 0.4) is 0 Å². The lowest BCUT2D eigenvalue weighted by Crippen LogP contribution is -2.48. The number of guanidine groups is 1. The van der Waals surface area contributed by atoms with Crippen molar-refractivity contribution in [2.45, 2.75) is 58.9 Å². The van der Waals surface area contributed by atoms with Gasteiger partial charge in [0.15, 0.2) is 5.03 Å². The molecule has 0 aromatic heterocycles. The van der Waals surface area contributed by atoms with E-state index in [2.05, 4.69) is 29.8 Å². The first-order chi connectivity index (χ1) is 13.3. The first-order valence-electron chi connectivity index (χ1n) is 9.64. The minimum atomic E-state index is -0.834. The molecule has 0 spiro atoms. The van der Waals surface area contributed by atoms with Gasteiger partial charge in [0.05, 0.1) is 0 Å². The molecule has 11 nitrogen and oxygen atoms in total. The molecule has 0 bridgehead atoms. The highest BCUT2D eigenvalue weighted by Crippen LogP contribution is 2.00. The van der Waals surface area contributed by atoms with Crippen molar-refractivity contribution < 1.29 is 19.4 Å². The van der Waals surface area contributed by atoms with E-state index in [4.69, 9.17) is 10.1 Å². The summed E-state index contributed by atoms with van der Waals surface area (Å²) in [6.45, 7) is 7.28.